The molecule has 34 heavy (non-hydrogen) atoms. The minimum atomic E-state index is -0.266. The molecule has 176 valence electrons. The van der Waals surface area contributed by atoms with Gasteiger partial charge in [-0.1, -0.05) is 49.2 Å². The maximum absolute atomic E-state index is 13.6. The Kier molecular flexibility index (Phi) is 6.91. The molecule has 0 unspecified atom stereocenters. The molecule has 0 spiro atoms. The smallest absolute Gasteiger partial charge is 0.254 e. The van der Waals surface area contributed by atoms with E-state index in [1.807, 2.05) is 59.5 Å². The number of carbonyl (C=O) groups is 1. The van der Waals surface area contributed by atoms with Crippen LogP contribution in [0.3, 0.4) is 0 Å². The summed E-state index contributed by atoms with van der Waals surface area (Å²) < 4.78 is 25.0. The molecule has 1 aliphatic carbocycles. The molecule has 1 saturated carbocycles. The van der Waals surface area contributed by atoms with E-state index in [2.05, 4.69) is 0 Å². The number of hydrogen-bond donors (Lipinski definition) is 0. The Morgan fingerprint density at radius 3 is 2.38 bits per heavy atom. The van der Waals surface area contributed by atoms with Crippen LogP contribution < -0.4 is 4.74 Å². The predicted molar refractivity (Wildman–Crippen MR) is 130 cm³/mol. The summed E-state index contributed by atoms with van der Waals surface area (Å²) in [5.74, 6) is 0.616. The van der Waals surface area contributed by atoms with Crippen LogP contribution in [0.25, 0.3) is 11.1 Å². The summed E-state index contributed by atoms with van der Waals surface area (Å²) in [4.78, 5) is 15.6. The number of nitrogens with zero attached hydrogens (tertiary/aromatic N) is 1. The quantitative estimate of drug-likeness (QED) is 0.419. The lowest BCUT2D eigenvalue weighted by molar-refractivity contribution is 0.0664. The van der Waals surface area contributed by atoms with Gasteiger partial charge in [0.15, 0.2) is 0 Å². The second-order valence-corrected chi connectivity index (χ2v) is 9.21. The van der Waals surface area contributed by atoms with Gasteiger partial charge in [0.2, 0.25) is 0 Å². The van der Waals surface area contributed by atoms with Gasteiger partial charge in [-0.15, -0.1) is 0 Å². The van der Waals surface area contributed by atoms with E-state index in [9.17, 15) is 9.18 Å². The molecular weight excluding hydrogens is 429 g/mol. The lowest BCUT2D eigenvalue weighted by Gasteiger charge is -2.29. The van der Waals surface area contributed by atoms with E-state index in [4.69, 9.17) is 9.47 Å². The number of rotatable bonds is 7. The van der Waals surface area contributed by atoms with Crippen molar-refractivity contribution in [3.05, 3.63) is 89.7 Å². The van der Waals surface area contributed by atoms with Crippen molar-refractivity contribution in [2.45, 2.75) is 50.8 Å². The van der Waals surface area contributed by atoms with Crippen LogP contribution in [0.5, 0.6) is 5.75 Å². The molecule has 1 aliphatic heterocycles. The summed E-state index contributed by atoms with van der Waals surface area (Å²) in [5, 5.41) is 0. The van der Waals surface area contributed by atoms with Gasteiger partial charge in [0.05, 0.1) is 13.2 Å². The monoisotopic (exact) mass is 459 g/mol. The van der Waals surface area contributed by atoms with Crippen LogP contribution >= 0.6 is 0 Å². The zero-order chi connectivity index (χ0) is 23.3. The Balaban J connectivity index is 1.31. The molecule has 0 bridgehead atoms. The summed E-state index contributed by atoms with van der Waals surface area (Å²) >= 11 is 0. The van der Waals surface area contributed by atoms with Gasteiger partial charge >= 0.3 is 0 Å². The largest absolute Gasteiger partial charge is 0.488 e. The zero-order valence-electron chi connectivity index (χ0n) is 19.3. The lowest BCUT2D eigenvalue weighted by Crippen LogP contribution is -2.38. The van der Waals surface area contributed by atoms with Crippen molar-refractivity contribution in [2.24, 2.45) is 0 Å². The van der Waals surface area contributed by atoms with Gasteiger partial charge in [-0.3, -0.25) is 4.79 Å². The summed E-state index contributed by atoms with van der Waals surface area (Å²) in [7, 11) is 0. The second kappa shape index (κ2) is 10.4. The molecule has 2 fully saturated rings. The molecule has 1 amide bonds. The highest BCUT2D eigenvalue weighted by Crippen LogP contribution is 2.28. The molecule has 1 saturated heterocycles. The molecule has 0 aromatic heterocycles. The van der Waals surface area contributed by atoms with Crippen LogP contribution in [0, 0.1) is 5.82 Å². The van der Waals surface area contributed by atoms with E-state index in [1.165, 1.54) is 12.1 Å². The van der Waals surface area contributed by atoms with Gasteiger partial charge in [-0.2, -0.15) is 0 Å². The van der Waals surface area contributed by atoms with Gasteiger partial charge < -0.3 is 14.4 Å². The van der Waals surface area contributed by atoms with Gasteiger partial charge in [-0.05, 0) is 65.9 Å². The van der Waals surface area contributed by atoms with E-state index in [0.717, 1.165) is 61.2 Å². The number of ether oxygens (including phenoxy) is 2. The first-order valence-electron chi connectivity index (χ1n) is 12.2. The molecule has 0 radical (unpaired) electrons. The maximum atomic E-state index is 13.6. The Morgan fingerprint density at radius 1 is 0.941 bits per heavy atom. The van der Waals surface area contributed by atoms with Crippen molar-refractivity contribution in [2.75, 3.05) is 13.2 Å². The standard InChI is InChI=1S/C29H30FNO3/c30-25-5-3-4-24(18-25)22-10-12-23(13-11-22)29(32)31(26-6-1-2-7-26)19-21-8-14-27(15-9-21)34-28-16-17-33-20-28/h3-5,8-15,18,26,28H,1-2,6-7,16-17,19-20H2/t28-/m1/s1. The minimum absolute atomic E-state index is 0.0427. The summed E-state index contributed by atoms with van der Waals surface area (Å²) in [6, 6.07) is 22.3. The number of amides is 1. The van der Waals surface area contributed by atoms with E-state index in [-0.39, 0.29) is 23.9 Å². The number of carbonyl (C=O) groups excluding carboxylic acids is 1. The van der Waals surface area contributed by atoms with Crippen LogP contribution in [0.4, 0.5) is 4.39 Å². The van der Waals surface area contributed by atoms with E-state index in [0.29, 0.717) is 18.7 Å². The van der Waals surface area contributed by atoms with Crippen molar-refractivity contribution in [3.8, 4) is 16.9 Å². The Bertz CT molecular complexity index is 1100. The Hall–Kier alpha value is -3.18. The lowest BCUT2D eigenvalue weighted by atomic mass is 10.0. The third-order valence-corrected chi connectivity index (χ3v) is 6.78. The molecule has 1 heterocycles. The van der Waals surface area contributed by atoms with E-state index < -0.39 is 0 Å². The third-order valence-electron chi connectivity index (χ3n) is 6.78. The third kappa shape index (κ3) is 5.31. The van der Waals surface area contributed by atoms with Gasteiger partial charge in [0.25, 0.3) is 5.91 Å². The van der Waals surface area contributed by atoms with Crippen LogP contribution in [-0.2, 0) is 11.3 Å². The van der Waals surface area contributed by atoms with Crippen molar-refractivity contribution in [1.82, 2.24) is 4.90 Å². The summed E-state index contributed by atoms with van der Waals surface area (Å²) in [6.07, 6.45) is 5.43. The van der Waals surface area contributed by atoms with Crippen LogP contribution in [0.2, 0.25) is 0 Å². The molecule has 2 aliphatic rings. The number of hydrogen-bond acceptors (Lipinski definition) is 3. The Labute approximate surface area is 200 Å². The molecular formula is C29H30FNO3. The molecule has 3 aromatic rings. The molecule has 4 nitrogen and oxygen atoms in total. The summed E-state index contributed by atoms with van der Waals surface area (Å²) in [6.45, 7) is 1.97. The van der Waals surface area contributed by atoms with Gasteiger partial charge in [0, 0.05) is 24.6 Å². The number of benzene rings is 3. The van der Waals surface area contributed by atoms with Crippen LogP contribution in [0.1, 0.15) is 48.0 Å². The molecule has 1 atom stereocenters. The first kappa shape index (κ1) is 22.6. The normalized spacial score (nSPS) is 18.2. The fraction of sp³-hybridized carbons (Fsp3) is 0.345. The molecule has 5 heteroatoms. The highest BCUT2D eigenvalue weighted by molar-refractivity contribution is 5.95. The van der Waals surface area contributed by atoms with Crippen LogP contribution in [0.15, 0.2) is 72.8 Å². The van der Waals surface area contributed by atoms with Crippen molar-refractivity contribution < 1.29 is 18.7 Å². The first-order chi connectivity index (χ1) is 16.7. The minimum Gasteiger partial charge on any atom is -0.488 e. The predicted octanol–water partition coefficient (Wildman–Crippen LogP) is 6.25. The zero-order valence-corrected chi connectivity index (χ0v) is 19.3. The van der Waals surface area contributed by atoms with Gasteiger partial charge in [0.1, 0.15) is 17.7 Å². The Morgan fingerprint density at radius 2 is 1.71 bits per heavy atom. The SMILES string of the molecule is O=C(c1ccc(-c2cccc(F)c2)cc1)N(Cc1ccc(O[C@@H]2CCOC2)cc1)C1CCCC1. The molecule has 0 N–H and O–H groups in total. The van der Waals surface area contributed by atoms with E-state index in [1.54, 1.807) is 6.07 Å². The highest BCUT2D eigenvalue weighted by Gasteiger charge is 2.27. The topological polar surface area (TPSA) is 38.8 Å². The fourth-order valence-corrected chi connectivity index (χ4v) is 4.89. The van der Waals surface area contributed by atoms with Gasteiger partial charge in [-0.25, -0.2) is 4.39 Å². The van der Waals surface area contributed by atoms with Crippen molar-refractivity contribution in [1.29, 1.82) is 0 Å². The second-order valence-electron chi connectivity index (χ2n) is 9.21. The van der Waals surface area contributed by atoms with Crippen molar-refractivity contribution in [3.63, 3.8) is 0 Å². The van der Waals surface area contributed by atoms with Crippen LogP contribution in [-0.4, -0.2) is 36.2 Å². The average Bonchev–Trinajstić information content (AvgIpc) is 3.58. The molecule has 3 aromatic carbocycles. The average molecular weight is 460 g/mol. The first-order valence-corrected chi connectivity index (χ1v) is 12.2. The highest BCUT2D eigenvalue weighted by atomic mass is 19.1. The summed E-state index contributed by atoms with van der Waals surface area (Å²) in [5.41, 5.74) is 3.45. The van der Waals surface area contributed by atoms with E-state index >= 15 is 0 Å². The molecule has 5 rings (SSSR count). The van der Waals surface area contributed by atoms with Crippen molar-refractivity contribution >= 4 is 5.91 Å². The number of halogens is 1. The fourth-order valence-electron chi connectivity index (χ4n) is 4.89. The maximum Gasteiger partial charge on any atom is 0.254 e.